The lowest BCUT2D eigenvalue weighted by Crippen LogP contribution is -2.32. The van der Waals surface area contributed by atoms with Gasteiger partial charge >= 0.3 is 0 Å². The first-order chi connectivity index (χ1) is 7.66. The quantitative estimate of drug-likeness (QED) is 0.782. The van der Waals surface area contributed by atoms with Crippen LogP contribution in [0.4, 0.5) is 11.4 Å². The fraction of sp³-hybridized carbons (Fsp3) is 0.500. The average molecular weight is 241 g/mol. The van der Waals surface area contributed by atoms with Gasteiger partial charge in [0.25, 0.3) is 0 Å². The van der Waals surface area contributed by atoms with E-state index < -0.39 is 0 Å². The summed E-state index contributed by atoms with van der Waals surface area (Å²) in [6.07, 6.45) is 2.29. The minimum atomic E-state index is 0.301. The molecule has 0 amide bonds. The van der Waals surface area contributed by atoms with E-state index >= 15 is 0 Å². The Bertz CT molecular complexity index is 350. The second-order valence-corrected chi connectivity index (χ2v) is 4.66. The van der Waals surface area contributed by atoms with E-state index in [9.17, 15) is 0 Å². The van der Waals surface area contributed by atoms with Gasteiger partial charge in [0.05, 0.1) is 22.5 Å². The van der Waals surface area contributed by atoms with Crippen molar-refractivity contribution in [3.05, 3.63) is 23.2 Å². The minimum Gasteiger partial charge on any atom is -0.397 e. The first-order valence-corrected chi connectivity index (χ1v) is 5.96. The highest BCUT2D eigenvalue weighted by molar-refractivity contribution is 6.33. The molecular weight excluding hydrogens is 224 g/mol. The molecule has 0 bridgehead atoms. The van der Waals surface area contributed by atoms with Gasteiger partial charge in [-0.3, -0.25) is 0 Å². The van der Waals surface area contributed by atoms with E-state index in [4.69, 9.17) is 22.1 Å². The van der Waals surface area contributed by atoms with Crippen molar-refractivity contribution in [2.75, 3.05) is 17.7 Å². The fourth-order valence-electron chi connectivity index (χ4n) is 2.03. The highest BCUT2D eigenvalue weighted by Gasteiger charge is 2.20. The van der Waals surface area contributed by atoms with Gasteiger partial charge in [0.15, 0.2) is 0 Å². The number of para-hydroxylation sites is 1. The molecule has 88 valence electrons. The fourth-order valence-corrected chi connectivity index (χ4v) is 2.26. The van der Waals surface area contributed by atoms with Crippen LogP contribution in [0.25, 0.3) is 0 Å². The zero-order valence-electron chi connectivity index (χ0n) is 9.37. The molecule has 1 aliphatic heterocycles. The summed E-state index contributed by atoms with van der Waals surface area (Å²) in [6, 6.07) is 5.96. The van der Waals surface area contributed by atoms with Crippen molar-refractivity contribution >= 4 is 23.0 Å². The molecule has 1 fully saturated rings. The second-order valence-electron chi connectivity index (χ2n) is 4.25. The molecule has 4 heteroatoms. The summed E-state index contributed by atoms with van der Waals surface area (Å²) in [7, 11) is 0. The maximum atomic E-state index is 6.11. The highest BCUT2D eigenvalue weighted by atomic mass is 35.5. The molecule has 0 saturated carbocycles. The molecule has 1 heterocycles. The Morgan fingerprint density at radius 2 is 2.31 bits per heavy atom. The number of nitrogens with two attached hydrogens (primary N) is 1. The number of hydrogen-bond acceptors (Lipinski definition) is 3. The van der Waals surface area contributed by atoms with E-state index in [1.165, 1.54) is 0 Å². The maximum Gasteiger partial charge on any atom is 0.0765 e. The Kier molecular flexibility index (Phi) is 3.56. The Hall–Kier alpha value is -0.930. The molecule has 1 aromatic rings. The number of rotatable bonds is 2. The predicted octanol–water partition coefficient (Wildman–Crippen LogP) is 2.90. The van der Waals surface area contributed by atoms with E-state index in [0.29, 0.717) is 22.9 Å². The Labute approximate surface area is 101 Å². The molecule has 2 unspecified atom stereocenters. The van der Waals surface area contributed by atoms with Crippen LogP contribution in [0, 0.1) is 0 Å². The lowest BCUT2D eigenvalue weighted by Gasteiger charge is -2.29. The average Bonchev–Trinajstić information content (AvgIpc) is 2.24. The Morgan fingerprint density at radius 3 is 3.00 bits per heavy atom. The van der Waals surface area contributed by atoms with Crippen LogP contribution in [-0.4, -0.2) is 18.8 Å². The van der Waals surface area contributed by atoms with Crippen LogP contribution in [0.1, 0.15) is 19.8 Å². The van der Waals surface area contributed by atoms with Gasteiger partial charge in [0, 0.05) is 12.6 Å². The van der Waals surface area contributed by atoms with Gasteiger partial charge in [0.2, 0.25) is 0 Å². The van der Waals surface area contributed by atoms with Crippen molar-refractivity contribution in [3.8, 4) is 0 Å². The van der Waals surface area contributed by atoms with Crippen molar-refractivity contribution < 1.29 is 4.74 Å². The molecule has 2 atom stereocenters. The van der Waals surface area contributed by atoms with E-state index in [-0.39, 0.29) is 0 Å². The van der Waals surface area contributed by atoms with Crippen molar-refractivity contribution in [1.29, 1.82) is 0 Å². The highest BCUT2D eigenvalue weighted by Crippen LogP contribution is 2.30. The van der Waals surface area contributed by atoms with E-state index in [0.717, 1.165) is 25.1 Å². The number of anilines is 2. The lowest BCUT2D eigenvalue weighted by molar-refractivity contribution is 0.0232. The van der Waals surface area contributed by atoms with Gasteiger partial charge in [-0.05, 0) is 31.9 Å². The SMILES string of the molecule is CC1CC(Nc2c(N)cccc2Cl)CCO1. The second kappa shape index (κ2) is 4.93. The molecular formula is C12H17ClN2O. The van der Waals surface area contributed by atoms with Crippen molar-refractivity contribution in [3.63, 3.8) is 0 Å². The molecule has 3 N–H and O–H groups in total. The number of halogens is 1. The smallest absolute Gasteiger partial charge is 0.0765 e. The van der Waals surface area contributed by atoms with Crippen molar-refractivity contribution in [2.45, 2.75) is 31.9 Å². The Morgan fingerprint density at radius 1 is 1.50 bits per heavy atom. The van der Waals surface area contributed by atoms with Crippen LogP contribution in [-0.2, 0) is 4.74 Å². The normalized spacial score (nSPS) is 25.4. The van der Waals surface area contributed by atoms with Crippen LogP contribution in [0.15, 0.2) is 18.2 Å². The molecule has 3 nitrogen and oxygen atoms in total. The third-order valence-corrected chi connectivity index (χ3v) is 3.19. The van der Waals surface area contributed by atoms with Gasteiger partial charge in [-0.2, -0.15) is 0 Å². The number of hydrogen-bond donors (Lipinski definition) is 2. The minimum absolute atomic E-state index is 0.301. The van der Waals surface area contributed by atoms with E-state index in [1.807, 2.05) is 18.2 Å². The van der Waals surface area contributed by atoms with Crippen LogP contribution in [0.5, 0.6) is 0 Å². The summed E-state index contributed by atoms with van der Waals surface area (Å²) in [5, 5.41) is 4.09. The van der Waals surface area contributed by atoms with Gasteiger partial charge < -0.3 is 15.8 Å². The number of nitrogen functional groups attached to an aromatic ring is 1. The summed E-state index contributed by atoms with van der Waals surface area (Å²) < 4.78 is 5.50. The molecule has 1 saturated heterocycles. The first kappa shape index (κ1) is 11.6. The summed E-state index contributed by atoms with van der Waals surface area (Å²) >= 11 is 6.11. The summed E-state index contributed by atoms with van der Waals surface area (Å²) in [5.74, 6) is 0. The zero-order valence-corrected chi connectivity index (χ0v) is 10.1. The van der Waals surface area contributed by atoms with Gasteiger partial charge in [-0.1, -0.05) is 17.7 Å². The lowest BCUT2D eigenvalue weighted by atomic mass is 10.0. The molecule has 0 radical (unpaired) electrons. The van der Waals surface area contributed by atoms with Crippen molar-refractivity contribution in [2.24, 2.45) is 0 Å². The van der Waals surface area contributed by atoms with E-state index in [2.05, 4.69) is 12.2 Å². The molecule has 0 aromatic heterocycles. The molecule has 1 aromatic carbocycles. The predicted molar refractivity (Wildman–Crippen MR) is 67.9 cm³/mol. The van der Waals surface area contributed by atoms with Crippen LogP contribution < -0.4 is 11.1 Å². The van der Waals surface area contributed by atoms with Crippen LogP contribution in [0.3, 0.4) is 0 Å². The maximum absolute atomic E-state index is 6.11. The van der Waals surface area contributed by atoms with Crippen LogP contribution in [0.2, 0.25) is 5.02 Å². The van der Waals surface area contributed by atoms with Gasteiger partial charge in [0.1, 0.15) is 0 Å². The van der Waals surface area contributed by atoms with Crippen LogP contribution >= 0.6 is 11.6 Å². The number of ether oxygens (including phenoxy) is 1. The van der Waals surface area contributed by atoms with E-state index in [1.54, 1.807) is 0 Å². The zero-order chi connectivity index (χ0) is 11.5. The number of nitrogens with one attached hydrogen (secondary N) is 1. The summed E-state index contributed by atoms with van der Waals surface area (Å²) in [6.45, 7) is 2.88. The molecule has 0 spiro atoms. The summed E-state index contributed by atoms with van der Waals surface area (Å²) in [4.78, 5) is 0. The third-order valence-electron chi connectivity index (χ3n) is 2.88. The van der Waals surface area contributed by atoms with Gasteiger partial charge in [-0.25, -0.2) is 0 Å². The summed E-state index contributed by atoms with van der Waals surface area (Å²) in [5.41, 5.74) is 7.45. The number of benzene rings is 1. The largest absolute Gasteiger partial charge is 0.397 e. The monoisotopic (exact) mass is 240 g/mol. The van der Waals surface area contributed by atoms with Gasteiger partial charge in [-0.15, -0.1) is 0 Å². The molecule has 1 aliphatic rings. The third kappa shape index (κ3) is 2.60. The van der Waals surface area contributed by atoms with Crippen molar-refractivity contribution in [1.82, 2.24) is 0 Å². The molecule has 2 rings (SSSR count). The Balaban J connectivity index is 2.08. The first-order valence-electron chi connectivity index (χ1n) is 5.59. The topological polar surface area (TPSA) is 47.3 Å². The molecule has 0 aliphatic carbocycles. The molecule has 16 heavy (non-hydrogen) atoms. The standard InChI is InChI=1S/C12H17ClN2O/c1-8-7-9(5-6-16-8)15-12-10(13)3-2-4-11(12)14/h2-4,8-9,15H,5-7,14H2,1H3.